The van der Waals surface area contributed by atoms with E-state index in [0.29, 0.717) is 6.61 Å². The number of hydrogen-bond donors (Lipinski definition) is 0. The fraction of sp³-hybridized carbons (Fsp3) is 0.400. The van der Waals surface area contributed by atoms with E-state index in [0.717, 1.165) is 24.3 Å². The van der Waals surface area contributed by atoms with Crippen LogP contribution in [0.3, 0.4) is 0 Å². The average Bonchev–Trinajstić information content (AvgIpc) is 2.61. The highest BCUT2D eigenvalue weighted by molar-refractivity contribution is 7.08. The van der Waals surface area contributed by atoms with Gasteiger partial charge in [0.25, 0.3) is 0 Å². The molecular weight excluding hydrogens is 184 g/mol. The first-order chi connectivity index (χ1) is 6.40. The van der Waals surface area contributed by atoms with Crippen LogP contribution in [0.1, 0.15) is 12.8 Å². The van der Waals surface area contributed by atoms with Gasteiger partial charge >= 0.3 is 0 Å². The number of ether oxygens (including phenoxy) is 2. The molecule has 0 saturated heterocycles. The van der Waals surface area contributed by atoms with Crippen molar-refractivity contribution in [1.29, 1.82) is 0 Å². The maximum absolute atomic E-state index is 5.71. The van der Waals surface area contributed by atoms with Crippen molar-refractivity contribution in [2.24, 2.45) is 0 Å². The van der Waals surface area contributed by atoms with Crippen molar-refractivity contribution in [3.63, 3.8) is 0 Å². The van der Waals surface area contributed by atoms with Crippen LogP contribution in [0.15, 0.2) is 23.4 Å². The Hall–Kier alpha value is -0.960. The quantitative estimate of drug-likeness (QED) is 0.692. The minimum Gasteiger partial charge on any atom is -0.485 e. The molecule has 0 spiro atoms. The first-order valence-electron chi connectivity index (χ1n) is 4.36. The Balaban J connectivity index is 1.96. The molecule has 0 saturated carbocycles. The van der Waals surface area contributed by atoms with Crippen LogP contribution in [0.4, 0.5) is 0 Å². The van der Waals surface area contributed by atoms with Crippen LogP contribution in [0.2, 0.25) is 0 Å². The maximum atomic E-state index is 5.71. The molecule has 0 aromatic carbocycles. The molecule has 1 aliphatic rings. The van der Waals surface area contributed by atoms with Crippen molar-refractivity contribution in [1.82, 2.24) is 0 Å². The number of thiophene rings is 1. The molecule has 1 unspecified atom stereocenters. The molecule has 2 nitrogen and oxygen atoms in total. The van der Waals surface area contributed by atoms with Gasteiger partial charge in [0, 0.05) is 10.8 Å². The lowest BCUT2D eigenvalue weighted by molar-refractivity contribution is 0.0870. The number of rotatable bonds is 3. The highest BCUT2D eigenvalue weighted by atomic mass is 32.1. The van der Waals surface area contributed by atoms with Gasteiger partial charge in [0.15, 0.2) is 11.5 Å². The van der Waals surface area contributed by atoms with Crippen molar-refractivity contribution >= 4 is 11.3 Å². The first kappa shape index (κ1) is 8.63. The molecule has 2 heterocycles. The normalized spacial score (nSPS) is 19.8. The van der Waals surface area contributed by atoms with E-state index in [1.165, 1.54) is 0 Å². The summed E-state index contributed by atoms with van der Waals surface area (Å²) in [5.41, 5.74) is 0. The molecule has 2 rings (SSSR count). The van der Waals surface area contributed by atoms with E-state index >= 15 is 0 Å². The zero-order chi connectivity index (χ0) is 9.10. The van der Waals surface area contributed by atoms with Crippen molar-refractivity contribution < 1.29 is 9.47 Å². The van der Waals surface area contributed by atoms with Crippen LogP contribution in [0.5, 0.6) is 11.5 Å². The predicted molar refractivity (Wildman–Crippen MR) is 53.7 cm³/mol. The lowest BCUT2D eigenvalue weighted by Crippen LogP contribution is -2.28. The smallest absolute Gasteiger partial charge is 0.172 e. The highest BCUT2D eigenvalue weighted by Gasteiger charge is 2.20. The second-order valence-electron chi connectivity index (χ2n) is 3.02. The predicted octanol–water partition coefficient (Wildman–Crippen LogP) is 2.85. The van der Waals surface area contributed by atoms with E-state index < -0.39 is 0 Å². The molecule has 1 atom stereocenters. The zero-order valence-corrected chi connectivity index (χ0v) is 8.18. The van der Waals surface area contributed by atoms with Gasteiger partial charge < -0.3 is 9.47 Å². The number of allylic oxidation sites excluding steroid dienone is 1. The van der Waals surface area contributed by atoms with Gasteiger partial charge in [-0.15, -0.1) is 17.9 Å². The topological polar surface area (TPSA) is 18.5 Å². The van der Waals surface area contributed by atoms with Gasteiger partial charge in [-0.3, -0.25) is 0 Å². The highest BCUT2D eigenvalue weighted by Crippen LogP contribution is 2.35. The van der Waals surface area contributed by atoms with Gasteiger partial charge in [0.1, 0.15) is 12.7 Å². The Morgan fingerprint density at radius 1 is 1.54 bits per heavy atom. The van der Waals surface area contributed by atoms with E-state index in [2.05, 4.69) is 6.58 Å². The third-order valence-electron chi connectivity index (χ3n) is 2.00. The summed E-state index contributed by atoms with van der Waals surface area (Å²) >= 11 is 1.61. The molecule has 0 N–H and O–H groups in total. The van der Waals surface area contributed by atoms with Gasteiger partial charge in [0.05, 0.1) is 0 Å². The molecule has 13 heavy (non-hydrogen) atoms. The fourth-order valence-electron chi connectivity index (χ4n) is 1.31. The van der Waals surface area contributed by atoms with Crippen LogP contribution in [-0.2, 0) is 0 Å². The van der Waals surface area contributed by atoms with E-state index in [-0.39, 0.29) is 6.10 Å². The maximum Gasteiger partial charge on any atom is 0.172 e. The molecule has 1 aliphatic heterocycles. The summed E-state index contributed by atoms with van der Waals surface area (Å²) in [6.07, 6.45) is 4.07. The Bertz CT molecular complexity index is 293. The summed E-state index contributed by atoms with van der Waals surface area (Å²) in [6.45, 7) is 4.35. The van der Waals surface area contributed by atoms with Crippen LogP contribution in [0.25, 0.3) is 0 Å². The van der Waals surface area contributed by atoms with Gasteiger partial charge in [-0.2, -0.15) is 0 Å². The summed E-state index contributed by atoms with van der Waals surface area (Å²) in [5.74, 6) is 1.78. The van der Waals surface area contributed by atoms with Crippen LogP contribution >= 0.6 is 11.3 Å². The molecule has 0 amide bonds. The molecule has 0 fully saturated rings. The van der Waals surface area contributed by atoms with Crippen molar-refractivity contribution in [3.05, 3.63) is 23.4 Å². The second kappa shape index (κ2) is 3.83. The Labute approximate surface area is 81.8 Å². The second-order valence-corrected chi connectivity index (χ2v) is 3.76. The monoisotopic (exact) mass is 196 g/mol. The number of fused-ring (bicyclic) bond motifs is 1. The van der Waals surface area contributed by atoms with Crippen LogP contribution in [0, 0.1) is 0 Å². The SMILES string of the molecule is C=CCCC1COc2cscc2O1. The summed E-state index contributed by atoms with van der Waals surface area (Å²) in [4.78, 5) is 0. The Morgan fingerprint density at radius 3 is 3.23 bits per heavy atom. The molecule has 1 aromatic heterocycles. The molecule has 1 aromatic rings. The summed E-state index contributed by atoms with van der Waals surface area (Å²) < 4.78 is 11.2. The zero-order valence-electron chi connectivity index (χ0n) is 7.36. The van der Waals surface area contributed by atoms with Crippen molar-refractivity contribution in [3.8, 4) is 11.5 Å². The summed E-state index contributed by atoms with van der Waals surface area (Å²) in [5, 5.41) is 3.95. The molecule has 0 radical (unpaired) electrons. The van der Waals surface area contributed by atoms with Gasteiger partial charge in [0.2, 0.25) is 0 Å². The largest absolute Gasteiger partial charge is 0.485 e. The van der Waals surface area contributed by atoms with E-state index in [1.807, 2.05) is 16.8 Å². The minimum absolute atomic E-state index is 0.195. The van der Waals surface area contributed by atoms with Crippen molar-refractivity contribution in [2.75, 3.05) is 6.61 Å². The first-order valence-corrected chi connectivity index (χ1v) is 5.31. The Morgan fingerprint density at radius 2 is 2.38 bits per heavy atom. The van der Waals surface area contributed by atoms with Crippen molar-refractivity contribution in [2.45, 2.75) is 18.9 Å². The number of hydrogen-bond acceptors (Lipinski definition) is 3. The minimum atomic E-state index is 0.195. The molecule has 70 valence electrons. The van der Waals surface area contributed by atoms with Crippen LogP contribution in [-0.4, -0.2) is 12.7 Å². The standard InChI is InChI=1S/C10H12O2S/c1-2-3-4-8-5-11-9-6-13-7-10(9)12-8/h2,6-8H,1,3-5H2. The van der Waals surface area contributed by atoms with E-state index in [9.17, 15) is 0 Å². The van der Waals surface area contributed by atoms with E-state index in [1.54, 1.807) is 11.3 Å². The molecule has 0 bridgehead atoms. The summed E-state index contributed by atoms with van der Waals surface area (Å²) in [6, 6.07) is 0. The lowest BCUT2D eigenvalue weighted by atomic mass is 10.2. The Kier molecular flexibility index (Phi) is 2.54. The van der Waals surface area contributed by atoms with Gasteiger partial charge in [-0.1, -0.05) is 6.08 Å². The third kappa shape index (κ3) is 1.86. The van der Waals surface area contributed by atoms with Gasteiger partial charge in [-0.25, -0.2) is 0 Å². The third-order valence-corrected chi connectivity index (χ3v) is 2.70. The molecular formula is C10H12O2S. The van der Waals surface area contributed by atoms with E-state index in [4.69, 9.17) is 9.47 Å². The van der Waals surface area contributed by atoms with Crippen LogP contribution < -0.4 is 9.47 Å². The lowest BCUT2D eigenvalue weighted by Gasteiger charge is -2.23. The average molecular weight is 196 g/mol. The fourth-order valence-corrected chi connectivity index (χ4v) is 1.98. The van der Waals surface area contributed by atoms with Gasteiger partial charge in [-0.05, 0) is 12.8 Å². The molecule has 3 heteroatoms. The summed E-state index contributed by atoms with van der Waals surface area (Å²) in [7, 11) is 0. The molecule has 0 aliphatic carbocycles.